The molecule has 0 amide bonds. The maximum atomic E-state index is 13.9. The number of benzene rings is 1. The Kier molecular flexibility index (Phi) is 4.08. The summed E-state index contributed by atoms with van der Waals surface area (Å²) in [6, 6.07) is 4.89. The summed E-state index contributed by atoms with van der Waals surface area (Å²) in [4.78, 5) is 0. The molecule has 1 aromatic heterocycles. The summed E-state index contributed by atoms with van der Waals surface area (Å²) in [5, 5.41) is 8.05. The zero-order valence-corrected chi connectivity index (χ0v) is 11.6. The van der Waals surface area contributed by atoms with E-state index in [1.165, 1.54) is 6.07 Å². The van der Waals surface area contributed by atoms with E-state index in [-0.39, 0.29) is 5.82 Å². The predicted molar refractivity (Wildman–Crippen MR) is 71.3 cm³/mol. The van der Waals surface area contributed by atoms with Gasteiger partial charge in [-0.25, -0.2) is 4.39 Å². The average molecular weight is 313 g/mol. The smallest absolute Gasteiger partial charge is 0.166 e. The second kappa shape index (κ2) is 5.58. The van der Waals surface area contributed by atoms with Gasteiger partial charge in [0.1, 0.15) is 11.6 Å². The van der Waals surface area contributed by atoms with Gasteiger partial charge in [-0.2, -0.15) is 0 Å². The molecule has 0 saturated carbocycles. The van der Waals surface area contributed by atoms with E-state index in [0.29, 0.717) is 28.2 Å². The van der Waals surface area contributed by atoms with E-state index in [1.54, 1.807) is 12.1 Å². The number of nitrogens with two attached hydrogens (primary N) is 1. The van der Waals surface area contributed by atoms with Crippen LogP contribution in [0.1, 0.15) is 19.2 Å². The predicted octanol–water partition coefficient (Wildman–Crippen LogP) is 2.72. The van der Waals surface area contributed by atoms with Crippen molar-refractivity contribution in [1.29, 1.82) is 0 Å². The summed E-state index contributed by atoms with van der Waals surface area (Å²) in [6.45, 7) is 3.07. The molecule has 0 spiro atoms. The van der Waals surface area contributed by atoms with E-state index in [2.05, 4.69) is 26.1 Å². The van der Waals surface area contributed by atoms with Crippen molar-refractivity contribution in [3.63, 3.8) is 0 Å². The van der Waals surface area contributed by atoms with Gasteiger partial charge < -0.3 is 10.3 Å². The Labute approximate surface area is 113 Å². The summed E-state index contributed by atoms with van der Waals surface area (Å²) in [5.74, 6) is 0.883. The molecule has 0 unspecified atom stereocenters. The van der Waals surface area contributed by atoms with Gasteiger partial charge in [0.05, 0.1) is 12.1 Å². The molecule has 96 valence electrons. The second-order valence-electron chi connectivity index (χ2n) is 3.92. The quantitative estimate of drug-likeness (QED) is 0.944. The molecule has 2 N–H and O–H groups in total. The highest BCUT2D eigenvalue weighted by atomic mass is 79.9. The van der Waals surface area contributed by atoms with Gasteiger partial charge in [-0.1, -0.05) is 22.9 Å². The van der Waals surface area contributed by atoms with Gasteiger partial charge in [0.25, 0.3) is 0 Å². The van der Waals surface area contributed by atoms with Crippen LogP contribution in [0.3, 0.4) is 0 Å². The first-order valence-corrected chi connectivity index (χ1v) is 6.54. The highest BCUT2D eigenvalue weighted by molar-refractivity contribution is 9.10. The van der Waals surface area contributed by atoms with Gasteiger partial charge in [-0.15, -0.1) is 10.2 Å². The lowest BCUT2D eigenvalue weighted by Gasteiger charge is -2.08. The molecule has 1 aromatic carbocycles. The zero-order chi connectivity index (χ0) is 13.1. The third-order valence-corrected chi connectivity index (χ3v) is 3.12. The number of rotatable bonds is 4. The third kappa shape index (κ3) is 2.44. The van der Waals surface area contributed by atoms with Crippen LogP contribution in [0.4, 0.5) is 4.39 Å². The molecular formula is C12H14BrFN4. The zero-order valence-electron chi connectivity index (χ0n) is 10.0. The first-order chi connectivity index (χ1) is 8.67. The van der Waals surface area contributed by atoms with E-state index >= 15 is 0 Å². The maximum Gasteiger partial charge on any atom is 0.166 e. The van der Waals surface area contributed by atoms with E-state index in [0.717, 1.165) is 13.0 Å². The van der Waals surface area contributed by atoms with Crippen LogP contribution >= 0.6 is 15.9 Å². The highest BCUT2D eigenvalue weighted by Gasteiger charge is 2.15. The van der Waals surface area contributed by atoms with Crippen LogP contribution in [-0.4, -0.2) is 14.8 Å². The number of halogens is 2. The summed E-state index contributed by atoms with van der Waals surface area (Å²) < 4.78 is 16.5. The van der Waals surface area contributed by atoms with Gasteiger partial charge >= 0.3 is 0 Å². The van der Waals surface area contributed by atoms with E-state index in [4.69, 9.17) is 5.73 Å². The lowest BCUT2D eigenvalue weighted by Crippen LogP contribution is -2.09. The fourth-order valence-corrected chi connectivity index (χ4v) is 2.15. The molecule has 0 fully saturated rings. The lowest BCUT2D eigenvalue weighted by atomic mass is 10.2. The minimum absolute atomic E-state index is 0.297. The van der Waals surface area contributed by atoms with Crippen LogP contribution in [0.15, 0.2) is 22.7 Å². The topological polar surface area (TPSA) is 56.7 Å². The van der Waals surface area contributed by atoms with Gasteiger partial charge in [-0.3, -0.25) is 0 Å². The number of hydrogen-bond acceptors (Lipinski definition) is 3. The Morgan fingerprint density at radius 1 is 1.39 bits per heavy atom. The van der Waals surface area contributed by atoms with Crippen molar-refractivity contribution in [3.8, 4) is 11.4 Å². The molecule has 0 aliphatic carbocycles. The Hall–Kier alpha value is -1.27. The molecular weight excluding hydrogens is 299 g/mol. The molecule has 0 bridgehead atoms. The molecule has 0 radical (unpaired) electrons. The largest absolute Gasteiger partial charge is 0.324 e. The van der Waals surface area contributed by atoms with E-state index in [1.807, 2.05) is 11.5 Å². The molecule has 0 aliphatic rings. The van der Waals surface area contributed by atoms with Crippen molar-refractivity contribution >= 4 is 15.9 Å². The van der Waals surface area contributed by atoms with E-state index < -0.39 is 0 Å². The van der Waals surface area contributed by atoms with Gasteiger partial charge in [0, 0.05) is 11.0 Å². The fourth-order valence-electron chi connectivity index (χ4n) is 1.81. The van der Waals surface area contributed by atoms with Crippen molar-refractivity contribution in [3.05, 3.63) is 34.3 Å². The molecule has 6 heteroatoms. The summed E-state index contributed by atoms with van der Waals surface area (Å²) >= 11 is 3.23. The van der Waals surface area contributed by atoms with Gasteiger partial charge in [0.2, 0.25) is 0 Å². The number of aromatic nitrogens is 3. The SMILES string of the molecule is CCCn1c(CN)nnc1-c1ccc(Br)cc1F. The third-order valence-electron chi connectivity index (χ3n) is 2.63. The lowest BCUT2D eigenvalue weighted by molar-refractivity contribution is 0.617. The first kappa shape index (κ1) is 13.2. The molecule has 4 nitrogen and oxygen atoms in total. The Morgan fingerprint density at radius 2 is 2.17 bits per heavy atom. The number of hydrogen-bond donors (Lipinski definition) is 1. The molecule has 0 saturated heterocycles. The summed E-state index contributed by atoms with van der Waals surface area (Å²) in [7, 11) is 0. The van der Waals surface area contributed by atoms with Crippen molar-refractivity contribution in [2.24, 2.45) is 5.73 Å². The number of nitrogens with zero attached hydrogens (tertiary/aromatic N) is 3. The van der Waals surface area contributed by atoms with Crippen molar-refractivity contribution in [2.75, 3.05) is 0 Å². The Balaban J connectivity index is 2.52. The van der Waals surface area contributed by atoms with E-state index in [9.17, 15) is 4.39 Å². The highest BCUT2D eigenvalue weighted by Crippen LogP contribution is 2.25. The minimum atomic E-state index is -0.322. The summed E-state index contributed by atoms with van der Waals surface area (Å²) in [6.07, 6.45) is 0.913. The van der Waals surface area contributed by atoms with Crippen LogP contribution in [0.25, 0.3) is 11.4 Å². The maximum absolute atomic E-state index is 13.9. The molecule has 2 aromatic rings. The second-order valence-corrected chi connectivity index (χ2v) is 4.84. The minimum Gasteiger partial charge on any atom is -0.324 e. The average Bonchev–Trinajstić information content (AvgIpc) is 2.73. The molecule has 0 aliphatic heterocycles. The van der Waals surface area contributed by atoms with Crippen molar-refractivity contribution < 1.29 is 4.39 Å². The Morgan fingerprint density at radius 3 is 2.78 bits per heavy atom. The molecule has 2 rings (SSSR count). The molecule has 18 heavy (non-hydrogen) atoms. The standard InChI is InChI=1S/C12H14BrFN4/c1-2-5-18-11(7-15)16-17-12(18)9-4-3-8(13)6-10(9)14/h3-4,6H,2,5,7,15H2,1H3. The Bertz CT molecular complexity index is 553. The normalized spacial score (nSPS) is 10.9. The first-order valence-electron chi connectivity index (χ1n) is 5.75. The van der Waals surface area contributed by atoms with Crippen LogP contribution in [0.5, 0.6) is 0 Å². The monoisotopic (exact) mass is 312 g/mol. The van der Waals surface area contributed by atoms with Crippen LogP contribution < -0.4 is 5.73 Å². The van der Waals surface area contributed by atoms with Gasteiger partial charge in [0.15, 0.2) is 5.82 Å². The van der Waals surface area contributed by atoms with Crippen LogP contribution in [-0.2, 0) is 13.1 Å². The van der Waals surface area contributed by atoms with Gasteiger partial charge in [-0.05, 0) is 24.6 Å². The fraction of sp³-hybridized carbons (Fsp3) is 0.333. The van der Waals surface area contributed by atoms with Crippen LogP contribution in [0, 0.1) is 5.82 Å². The molecule has 0 atom stereocenters. The van der Waals surface area contributed by atoms with Crippen molar-refractivity contribution in [1.82, 2.24) is 14.8 Å². The van der Waals surface area contributed by atoms with Crippen molar-refractivity contribution in [2.45, 2.75) is 26.4 Å². The summed E-state index contributed by atoms with van der Waals surface area (Å²) in [5.41, 5.74) is 6.05. The van der Waals surface area contributed by atoms with Crippen LogP contribution in [0.2, 0.25) is 0 Å². The molecule has 1 heterocycles.